The molecule has 37 heavy (non-hydrogen) atoms. The molecule has 4 aromatic rings. The standard InChI is InChI=1S/C30H24N2O4S/c1-36-25-16-9-21(10-17-25)11-18-28(33)22-12-14-24(15-13-22)31-30(35)27(20-26-8-5-19-37-26)32-29(34)23-6-3-2-4-7-23/h2-20H,1H3,(H,31,35)(H,32,34)/b18-11+,27-20-. The van der Waals surface area contributed by atoms with Gasteiger partial charge in [0.1, 0.15) is 11.4 Å². The normalized spacial score (nSPS) is 11.2. The molecule has 0 aliphatic carbocycles. The average Bonchev–Trinajstić information content (AvgIpc) is 3.45. The number of ketones is 1. The summed E-state index contributed by atoms with van der Waals surface area (Å²) in [6.45, 7) is 0. The van der Waals surface area contributed by atoms with E-state index in [1.807, 2.05) is 47.8 Å². The van der Waals surface area contributed by atoms with E-state index in [0.29, 0.717) is 16.8 Å². The number of allylic oxidation sites excluding steroid dienone is 1. The van der Waals surface area contributed by atoms with Crippen LogP contribution in [0.5, 0.6) is 5.75 Å². The molecule has 2 amide bonds. The van der Waals surface area contributed by atoms with Crippen molar-refractivity contribution < 1.29 is 19.1 Å². The zero-order chi connectivity index (χ0) is 26.0. The monoisotopic (exact) mass is 508 g/mol. The summed E-state index contributed by atoms with van der Waals surface area (Å²) in [5.41, 5.74) is 2.40. The largest absolute Gasteiger partial charge is 0.497 e. The third-order valence-corrected chi connectivity index (χ3v) is 6.15. The smallest absolute Gasteiger partial charge is 0.272 e. The number of hydrogen-bond donors (Lipinski definition) is 2. The fraction of sp³-hybridized carbons (Fsp3) is 0.0333. The maximum absolute atomic E-state index is 13.1. The summed E-state index contributed by atoms with van der Waals surface area (Å²) >= 11 is 1.45. The molecule has 6 nitrogen and oxygen atoms in total. The Hall–Kier alpha value is -4.75. The average molecular weight is 509 g/mol. The number of amides is 2. The van der Waals surface area contributed by atoms with E-state index in [0.717, 1.165) is 16.2 Å². The number of carbonyl (C=O) groups excluding carboxylic acids is 3. The van der Waals surface area contributed by atoms with Gasteiger partial charge < -0.3 is 15.4 Å². The highest BCUT2D eigenvalue weighted by Crippen LogP contribution is 2.17. The predicted molar refractivity (Wildman–Crippen MR) is 148 cm³/mol. The van der Waals surface area contributed by atoms with E-state index >= 15 is 0 Å². The van der Waals surface area contributed by atoms with Crippen molar-refractivity contribution in [2.45, 2.75) is 0 Å². The van der Waals surface area contributed by atoms with Crippen molar-refractivity contribution in [3.05, 3.63) is 130 Å². The Kier molecular flexibility index (Phi) is 8.41. The van der Waals surface area contributed by atoms with Gasteiger partial charge in [-0.05, 0) is 77.7 Å². The highest BCUT2D eigenvalue weighted by molar-refractivity contribution is 7.10. The lowest BCUT2D eigenvalue weighted by Crippen LogP contribution is -2.30. The molecule has 0 fully saturated rings. The van der Waals surface area contributed by atoms with Crippen LogP contribution in [0.1, 0.15) is 31.2 Å². The lowest BCUT2D eigenvalue weighted by Gasteiger charge is -2.11. The molecule has 184 valence electrons. The van der Waals surface area contributed by atoms with Crippen molar-refractivity contribution >= 4 is 46.8 Å². The summed E-state index contributed by atoms with van der Waals surface area (Å²) in [5.74, 6) is -0.282. The second-order valence-corrected chi connectivity index (χ2v) is 8.88. The molecule has 0 aliphatic heterocycles. The SMILES string of the molecule is COc1ccc(/C=C/C(=O)c2ccc(NC(=O)/C(=C/c3cccs3)NC(=O)c3ccccc3)cc2)cc1. The Morgan fingerprint density at radius 1 is 0.811 bits per heavy atom. The molecule has 0 atom stereocenters. The molecule has 0 bridgehead atoms. The quantitative estimate of drug-likeness (QED) is 0.213. The summed E-state index contributed by atoms with van der Waals surface area (Å²) < 4.78 is 5.14. The predicted octanol–water partition coefficient (Wildman–Crippen LogP) is 6.06. The first kappa shape index (κ1) is 25.3. The minimum absolute atomic E-state index is 0.110. The van der Waals surface area contributed by atoms with Gasteiger partial charge in [0.05, 0.1) is 7.11 Å². The molecule has 1 aromatic heterocycles. The van der Waals surface area contributed by atoms with Gasteiger partial charge in [-0.25, -0.2) is 0 Å². The van der Waals surface area contributed by atoms with E-state index in [4.69, 9.17) is 4.74 Å². The Bertz CT molecular complexity index is 1420. The number of hydrogen-bond acceptors (Lipinski definition) is 5. The maximum atomic E-state index is 13.1. The Balaban J connectivity index is 1.44. The van der Waals surface area contributed by atoms with Crippen molar-refractivity contribution in [2.24, 2.45) is 0 Å². The van der Waals surface area contributed by atoms with Crippen molar-refractivity contribution in [3.8, 4) is 5.75 Å². The first-order valence-corrected chi connectivity index (χ1v) is 12.3. The second-order valence-electron chi connectivity index (χ2n) is 7.90. The van der Waals surface area contributed by atoms with Gasteiger partial charge in [0.25, 0.3) is 11.8 Å². The van der Waals surface area contributed by atoms with Crippen molar-refractivity contribution in [1.82, 2.24) is 5.32 Å². The van der Waals surface area contributed by atoms with E-state index in [2.05, 4.69) is 10.6 Å². The maximum Gasteiger partial charge on any atom is 0.272 e. The number of benzene rings is 3. The number of methoxy groups -OCH3 is 1. The molecule has 0 spiro atoms. The van der Waals surface area contributed by atoms with Gasteiger partial charge in [-0.1, -0.05) is 42.5 Å². The minimum Gasteiger partial charge on any atom is -0.497 e. The molecule has 3 aromatic carbocycles. The van der Waals surface area contributed by atoms with Gasteiger partial charge in [0.2, 0.25) is 0 Å². The summed E-state index contributed by atoms with van der Waals surface area (Å²) in [7, 11) is 1.60. The highest BCUT2D eigenvalue weighted by Gasteiger charge is 2.15. The molecular weight excluding hydrogens is 484 g/mol. The molecule has 0 saturated carbocycles. The summed E-state index contributed by atoms with van der Waals surface area (Å²) in [6, 6.07) is 26.3. The van der Waals surface area contributed by atoms with Crippen molar-refractivity contribution in [1.29, 1.82) is 0 Å². The van der Waals surface area contributed by atoms with Crippen LogP contribution in [-0.2, 0) is 4.79 Å². The highest BCUT2D eigenvalue weighted by atomic mass is 32.1. The molecule has 0 saturated heterocycles. The summed E-state index contributed by atoms with van der Waals surface area (Å²) in [4.78, 5) is 39.1. The van der Waals surface area contributed by atoms with E-state index in [-0.39, 0.29) is 17.4 Å². The Morgan fingerprint density at radius 2 is 1.54 bits per heavy atom. The van der Waals surface area contributed by atoms with Crippen LogP contribution in [0.4, 0.5) is 5.69 Å². The fourth-order valence-corrected chi connectivity index (χ4v) is 4.01. The van der Waals surface area contributed by atoms with E-state index in [9.17, 15) is 14.4 Å². The zero-order valence-corrected chi connectivity index (χ0v) is 20.8. The van der Waals surface area contributed by atoms with E-state index in [1.54, 1.807) is 67.8 Å². The number of anilines is 1. The van der Waals surface area contributed by atoms with Crippen molar-refractivity contribution in [2.75, 3.05) is 12.4 Å². The number of carbonyl (C=O) groups is 3. The molecule has 0 aliphatic rings. The van der Waals surface area contributed by atoms with E-state index in [1.165, 1.54) is 17.4 Å². The lowest BCUT2D eigenvalue weighted by atomic mass is 10.1. The van der Waals surface area contributed by atoms with Crippen LogP contribution in [0, 0.1) is 0 Å². The lowest BCUT2D eigenvalue weighted by molar-refractivity contribution is -0.113. The fourth-order valence-electron chi connectivity index (χ4n) is 3.36. The van der Waals surface area contributed by atoms with Crippen LogP contribution in [0.2, 0.25) is 0 Å². The molecule has 0 unspecified atom stereocenters. The van der Waals surface area contributed by atoms with Crippen LogP contribution in [0.25, 0.3) is 12.2 Å². The van der Waals surface area contributed by atoms with Gasteiger partial charge in [-0.3, -0.25) is 14.4 Å². The number of ether oxygens (including phenoxy) is 1. The zero-order valence-electron chi connectivity index (χ0n) is 20.0. The Labute approximate surface area is 218 Å². The molecular formula is C30H24N2O4S. The third-order valence-electron chi connectivity index (χ3n) is 5.33. The molecule has 0 radical (unpaired) electrons. The number of nitrogens with one attached hydrogen (secondary N) is 2. The molecule has 1 heterocycles. The molecule has 7 heteroatoms. The van der Waals surface area contributed by atoms with Crippen LogP contribution in [0.3, 0.4) is 0 Å². The second kappa shape index (κ2) is 12.3. The Morgan fingerprint density at radius 3 is 2.19 bits per heavy atom. The summed E-state index contributed by atoms with van der Waals surface area (Å²) in [5, 5.41) is 7.38. The van der Waals surface area contributed by atoms with Crippen LogP contribution >= 0.6 is 11.3 Å². The van der Waals surface area contributed by atoms with Gasteiger partial charge in [-0.15, -0.1) is 11.3 Å². The molecule has 2 N–H and O–H groups in total. The summed E-state index contributed by atoms with van der Waals surface area (Å²) in [6.07, 6.45) is 4.85. The van der Waals surface area contributed by atoms with Gasteiger partial charge in [0.15, 0.2) is 5.78 Å². The van der Waals surface area contributed by atoms with Gasteiger partial charge >= 0.3 is 0 Å². The van der Waals surface area contributed by atoms with Crippen LogP contribution < -0.4 is 15.4 Å². The van der Waals surface area contributed by atoms with Crippen LogP contribution in [-0.4, -0.2) is 24.7 Å². The van der Waals surface area contributed by atoms with E-state index < -0.39 is 5.91 Å². The van der Waals surface area contributed by atoms with Crippen LogP contribution in [0.15, 0.2) is 108 Å². The topological polar surface area (TPSA) is 84.5 Å². The third kappa shape index (κ3) is 7.13. The minimum atomic E-state index is -0.476. The molecule has 4 rings (SSSR count). The number of thiophene rings is 1. The number of rotatable bonds is 9. The first-order valence-electron chi connectivity index (χ1n) is 11.4. The van der Waals surface area contributed by atoms with Crippen molar-refractivity contribution in [3.63, 3.8) is 0 Å². The van der Waals surface area contributed by atoms with Gasteiger partial charge in [-0.2, -0.15) is 0 Å². The first-order chi connectivity index (χ1) is 18.0. The van der Waals surface area contributed by atoms with Gasteiger partial charge in [0, 0.05) is 21.7 Å².